The molecule has 6 heteroatoms. The summed E-state index contributed by atoms with van der Waals surface area (Å²) < 4.78 is 10.7. The zero-order valence-electron chi connectivity index (χ0n) is 10.2. The van der Waals surface area contributed by atoms with Crippen molar-refractivity contribution in [2.24, 2.45) is 0 Å². The summed E-state index contributed by atoms with van der Waals surface area (Å²) in [5.74, 6) is 1.42. The maximum absolute atomic E-state index is 8.78. The van der Waals surface area contributed by atoms with Crippen molar-refractivity contribution < 1.29 is 9.15 Å². The Balaban J connectivity index is 1.80. The molecule has 3 rings (SSSR count). The minimum Gasteiger partial charge on any atom is -0.439 e. The predicted octanol–water partition coefficient (Wildman–Crippen LogP) is 2.80. The van der Waals surface area contributed by atoms with Gasteiger partial charge in [-0.05, 0) is 30.3 Å². The Labute approximate surface area is 114 Å². The molecule has 0 saturated heterocycles. The first-order chi connectivity index (χ1) is 9.85. The van der Waals surface area contributed by atoms with Gasteiger partial charge in [0.05, 0.1) is 0 Å². The van der Waals surface area contributed by atoms with Crippen LogP contribution in [-0.4, -0.2) is 15.2 Å². The Morgan fingerprint density at radius 3 is 2.65 bits per heavy atom. The van der Waals surface area contributed by atoms with Gasteiger partial charge in [-0.1, -0.05) is 6.07 Å². The number of hydrogen-bond donors (Lipinski definition) is 0. The first kappa shape index (κ1) is 11.9. The molecule has 2 heterocycles. The first-order valence-corrected chi connectivity index (χ1v) is 5.77. The van der Waals surface area contributed by atoms with Gasteiger partial charge in [0.2, 0.25) is 18.2 Å². The summed E-state index contributed by atoms with van der Waals surface area (Å²) in [6, 6.07) is 14.1. The highest BCUT2D eigenvalue weighted by Crippen LogP contribution is 2.23. The van der Waals surface area contributed by atoms with Crippen LogP contribution in [0.4, 0.5) is 0 Å². The summed E-state index contributed by atoms with van der Waals surface area (Å²) in [6.07, 6.45) is 1.27. The van der Waals surface area contributed by atoms with Gasteiger partial charge in [-0.15, -0.1) is 10.2 Å². The second-order valence-corrected chi connectivity index (χ2v) is 3.84. The van der Waals surface area contributed by atoms with E-state index < -0.39 is 0 Å². The van der Waals surface area contributed by atoms with Crippen molar-refractivity contribution in [2.45, 2.75) is 0 Å². The second-order valence-electron chi connectivity index (χ2n) is 3.84. The predicted molar refractivity (Wildman–Crippen MR) is 68.8 cm³/mol. The normalized spacial score (nSPS) is 9.95. The molecule has 0 aliphatic carbocycles. The van der Waals surface area contributed by atoms with Crippen LogP contribution in [0.5, 0.6) is 11.6 Å². The molecule has 2 aromatic heterocycles. The highest BCUT2D eigenvalue weighted by Gasteiger charge is 2.04. The maximum atomic E-state index is 8.78. The second kappa shape index (κ2) is 5.20. The minimum absolute atomic E-state index is 0.310. The van der Waals surface area contributed by atoms with Gasteiger partial charge in [-0.25, -0.2) is 4.98 Å². The molecule has 0 spiro atoms. The zero-order valence-corrected chi connectivity index (χ0v) is 10.2. The SMILES string of the molecule is N#Cc1cccc(Oc2ccc(-c3nnco3)cc2)n1. The van der Waals surface area contributed by atoms with E-state index in [-0.39, 0.29) is 0 Å². The van der Waals surface area contributed by atoms with Crippen molar-refractivity contribution in [2.75, 3.05) is 0 Å². The summed E-state index contributed by atoms with van der Waals surface area (Å²) in [5.41, 5.74) is 1.11. The number of aromatic nitrogens is 3. The lowest BCUT2D eigenvalue weighted by Gasteiger charge is -2.04. The molecule has 0 saturated carbocycles. The monoisotopic (exact) mass is 264 g/mol. The number of nitriles is 1. The molecule has 1 aromatic carbocycles. The van der Waals surface area contributed by atoms with Crippen LogP contribution in [0.15, 0.2) is 53.3 Å². The highest BCUT2D eigenvalue weighted by atomic mass is 16.5. The van der Waals surface area contributed by atoms with Gasteiger partial charge in [0.25, 0.3) is 0 Å². The van der Waals surface area contributed by atoms with Gasteiger partial charge < -0.3 is 9.15 Å². The van der Waals surface area contributed by atoms with Crippen LogP contribution in [0.25, 0.3) is 11.5 Å². The smallest absolute Gasteiger partial charge is 0.247 e. The van der Waals surface area contributed by atoms with E-state index in [4.69, 9.17) is 14.4 Å². The molecule has 0 amide bonds. The van der Waals surface area contributed by atoms with Crippen molar-refractivity contribution in [3.05, 3.63) is 54.6 Å². The Hall–Kier alpha value is -3.20. The van der Waals surface area contributed by atoms with Crippen LogP contribution in [-0.2, 0) is 0 Å². The number of hydrogen-bond acceptors (Lipinski definition) is 6. The molecule has 6 nitrogen and oxygen atoms in total. The third-order valence-electron chi connectivity index (χ3n) is 2.52. The summed E-state index contributed by atoms with van der Waals surface area (Å²) in [7, 11) is 0. The minimum atomic E-state index is 0.310. The lowest BCUT2D eigenvalue weighted by molar-refractivity contribution is 0.462. The molecule has 0 fully saturated rings. The molecule has 0 aliphatic heterocycles. The van der Waals surface area contributed by atoms with E-state index in [1.165, 1.54) is 6.39 Å². The van der Waals surface area contributed by atoms with Crippen molar-refractivity contribution in [3.8, 4) is 29.2 Å². The van der Waals surface area contributed by atoms with Crippen LogP contribution in [0, 0.1) is 11.3 Å². The fraction of sp³-hybridized carbons (Fsp3) is 0. The lowest BCUT2D eigenvalue weighted by Crippen LogP contribution is -1.90. The third-order valence-corrected chi connectivity index (χ3v) is 2.52. The number of pyridine rings is 1. The molecule has 0 radical (unpaired) electrons. The molecule has 96 valence electrons. The van der Waals surface area contributed by atoms with Crippen molar-refractivity contribution in [1.82, 2.24) is 15.2 Å². The van der Waals surface area contributed by atoms with Gasteiger partial charge in [0, 0.05) is 11.6 Å². The number of nitrogens with zero attached hydrogens (tertiary/aromatic N) is 4. The quantitative estimate of drug-likeness (QED) is 0.723. The van der Waals surface area contributed by atoms with Gasteiger partial charge in [0.1, 0.15) is 17.5 Å². The van der Waals surface area contributed by atoms with Crippen LogP contribution < -0.4 is 4.74 Å². The molecule has 3 aromatic rings. The van der Waals surface area contributed by atoms with Crippen LogP contribution >= 0.6 is 0 Å². The first-order valence-electron chi connectivity index (χ1n) is 5.77. The van der Waals surface area contributed by atoms with Gasteiger partial charge in [-0.3, -0.25) is 0 Å². The average molecular weight is 264 g/mol. The molecule has 20 heavy (non-hydrogen) atoms. The molecule has 0 bridgehead atoms. The topological polar surface area (TPSA) is 84.8 Å². The Kier molecular flexibility index (Phi) is 3.08. The summed E-state index contributed by atoms with van der Waals surface area (Å²) in [5, 5.41) is 16.2. The summed E-state index contributed by atoms with van der Waals surface area (Å²) in [6.45, 7) is 0. The number of rotatable bonds is 3. The van der Waals surface area contributed by atoms with E-state index in [0.29, 0.717) is 23.2 Å². The highest BCUT2D eigenvalue weighted by molar-refractivity contribution is 5.54. The molecule has 0 aliphatic rings. The molecular weight excluding hydrogens is 256 g/mol. The van der Waals surface area contributed by atoms with E-state index in [0.717, 1.165) is 5.56 Å². The molecular formula is C14H8N4O2. The van der Waals surface area contributed by atoms with E-state index in [2.05, 4.69) is 15.2 Å². The van der Waals surface area contributed by atoms with Crippen LogP contribution in [0.3, 0.4) is 0 Å². The molecule has 0 N–H and O–H groups in total. The van der Waals surface area contributed by atoms with Crippen molar-refractivity contribution >= 4 is 0 Å². The molecule has 0 atom stereocenters. The number of benzene rings is 1. The molecule has 0 unspecified atom stereocenters. The van der Waals surface area contributed by atoms with Crippen LogP contribution in [0.1, 0.15) is 5.69 Å². The summed E-state index contributed by atoms with van der Waals surface area (Å²) in [4.78, 5) is 4.03. The Bertz CT molecular complexity index is 746. The van der Waals surface area contributed by atoms with Crippen molar-refractivity contribution in [3.63, 3.8) is 0 Å². The van der Waals surface area contributed by atoms with E-state index in [1.54, 1.807) is 42.5 Å². The van der Waals surface area contributed by atoms with Crippen LogP contribution in [0.2, 0.25) is 0 Å². The Morgan fingerprint density at radius 1 is 1.10 bits per heavy atom. The Morgan fingerprint density at radius 2 is 1.95 bits per heavy atom. The van der Waals surface area contributed by atoms with Gasteiger partial charge in [0.15, 0.2) is 0 Å². The fourth-order valence-corrected chi connectivity index (χ4v) is 1.62. The van der Waals surface area contributed by atoms with Crippen molar-refractivity contribution in [1.29, 1.82) is 5.26 Å². The lowest BCUT2D eigenvalue weighted by atomic mass is 10.2. The largest absolute Gasteiger partial charge is 0.439 e. The third kappa shape index (κ3) is 2.47. The van der Waals surface area contributed by atoms with Gasteiger partial charge >= 0.3 is 0 Å². The van der Waals surface area contributed by atoms with Gasteiger partial charge in [-0.2, -0.15) is 5.26 Å². The number of ether oxygens (including phenoxy) is 1. The maximum Gasteiger partial charge on any atom is 0.247 e. The summed E-state index contributed by atoms with van der Waals surface area (Å²) >= 11 is 0. The van der Waals surface area contributed by atoms with E-state index in [1.807, 2.05) is 6.07 Å². The average Bonchev–Trinajstić information content (AvgIpc) is 3.02. The zero-order chi connectivity index (χ0) is 13.8. The van der Waals surface area contributed by atoms with E-state index >= 15 is 0 Å². The van der Waals surface area contributed by atoms with E-state index in [9.17, 15) is 0 Å². The fourth-order valence-electron chi connectivity index (χ4n) is 1.62. The standard InChI is InChI=1S/C14H8N4O2/c15-8-11-2-1-3-13(17-11)20-12-6-4-10(5-7-12)14-18-16-9-19-14/h1-7,9H.